The van der Waals surface area contributed by atoms with Crippen molar-refractivity contribution in [3.63, 3.8) is 0 Å². The van der Waals surface area contributed by atoms with E-state index in [9.17, 15) is 0 Å². The Morgan fingerprint density at radius 2 is 1.83 bits per heavy atom. The van der Waals surface area contributed by atoms with Gasteiger partial charge in [0.2, 0.25) is 0 Å². The molecule has 0 radical (unpaired) electrons. The molecule has 0 bridgehead atoms. The molecule has 0 spiro atoms. The summed E-state index contributed by atoms with van der Waals surface area (Å²) in [4.78, 5) is 0. The van der Waals surface area contributed by atoms with Crippen LogP contribution in [-0.2, 0) is 0 Å². The summed E-state index contributed by atoms with van der Waals surface area (Å²) in [6, 6.07) is 0. The van der Waals surface area contributed by atoms with Gasteiger partial charge in [0.15, 0.2) is 0 Å². The molecule has 0 aromatic heterocycles. The van der Waals surface area contributed by atoms with E-state index in [-0.39, 0.29) is 0 Å². The highest BCUT2D eigenvalue weighted by molar-refractivity contribution is 5.33. The first-order valence-corrected chi connectivity index (χ1v) is 9.90. The molecule has 0 heterocycles. The Morgan fingerprint density at radius 1 is 1.04 bits per heavy atom. The Bertz CT molecular complexity index is 579. The molecule has 0 aromatic rings. The second-order valence-electron chi connectivity index (χ2n) is 9.68. The smallest absolute Gasteiger partial charge is 0.00790 e. The molecule has 3 saturated carbocycles. The van der Waals surface area contributed by atoms with Gasteiger partial charge >= 0.3 is 0 Å². The van der Waals surface area contributed by atoms with Crippen molar-refractivity contribution in [3.05, 3.63) is 36.0 Å². The van der Waals surface area contributed by atoms with Crippen molar-refractivity contribution in [2.45, 2.75) is 72.1 Å². The van der Waals surface area contributed by atoms with Crippen LogP contribution in [0.4, 0.5) is 0 Å². The van der Waals surface area contributed by atoms with E-state index >= 15 is 0 Å². The predicted octanol–water partition coefficient (Wildman–Crippen LogP) is 6.70. The fourth-order valence-corrected chi connectivity index (χ4v) is 7.46. The minimum Gasteiger partial charge on any atom is -0.0998 e. The summed E-state index contributed by atoms with van der Waals surface area (Å²) >= 11 is 0. The van der Waals surface area contributed by atoms with E-state index in [1.165, 1.54) is 62.5 Å². The summed E-state index contributed by atoms with van der Waals surface area (Å²) in [6.45, 7) is 16.1. The molecule has 0 saturated heterocycles. The van der Waals surface area contributed by atoms with E-state index in [4.69, 9.17) is 0 Å². The van der Waals surface area contributed by atoms with E-state index in [1.807, 2.05) is 0 Å². The van der Waals surface area contributed by atoms with Crippen LogP contribution >= 0.6 is 0 Å². The van der Waals surface area contributed by atoms with Crippen LogP contribution in [0.2, 0.25) is 0 Å². The first-order valence-electron chi connectivity index (χ1n) is 9.90. The lowest BCUT2D eigenvalue weighted by molar-refractivity contribution is -0.0450. The van der Waals surface area contributed by atoms with Crippen LogP contribution in [-0.4, -0.2) is 0 Å². The monoisotopic (exact) mass is 310 g/mol. The van der Waals surface area contributed by atoms with Crippen molar-refractivity contribution in [1.82, 2.24) is 0 Å². The van der Waals surface area contributed by atoms with Crippen molar-refractivity contribution >= 4 is 0 Å². The van der Waals surface area contributed by atoms with E-state index < -0.39 is 0 Å². The van der Waals surface area contributed by atoms with E-state index in [1.54, 1.807) is 5.57 Å². The topological polar surface area (TPSA) is 0 Å². The van der Waals surface area contributed by atoms with Crippen LogP contribution in [0.5, 0.6) is 0 Å². The van der Waals surface area contributed by atoms with Gasteiger partial charge < -0.3 is 0 Å². The van der Waals surface area contributed by atoms with Crippen LogP contribution in [0, 0.1) is 34.5 Å². The molecule has 23 heavy (non-hydrogen) atoms. The van der Waals surface area contributed by atoms with Gasteiger partial charge in [-0.25, -0.2) is 0 Å². The maximum atomic E-state index is 4.35. The van der Waals surface area contributed by atoms with Crippen LogP contribution in [0.3, 0.4) is 0 Å². The van der Waals surface area contributed by atoms with Gasteiger partial charge in [-0.1, -0.05) is 49.8 Å². The molecular weight excluding hydrogens is 276 g/mol. The maximum Gasteiger partial charge on any atom is -0.00790 e. The molecular formula is C23H34. The third kappa shape index (κ3) is 2.09. The molecule has 4 aliphatic carbocycles. The minimum atomic E-state index is 0.479. The Balaban J connectivity index is 1.67. The van der Waals surface area contributed by atoms with Crippen LogP contribution in [0.15, 0.2) is 36.0 Å². The van der Waals surface area contributed by atoms with E-state index in [0.29, 0.717) is 10.8 Å². The van der Waals surface area contributed by atoms with E-state index in [0.717, 1.165) is 23.7 Å². The van der Waals surface area contributed by atoms with Crippen molar-refractivity contribution in [2.75, 3.05) is 0 Å². The summed E-state index contributed by atoms with van der Waals surface area (Å²) in [6.07, 6.45) is 13.5. The van der Waals surface area contributed by atoms with Gasteiger partial charge in [-0.15, -0.1) is 0 Å². The molecule has 0 nitrogen and oxygen atoms in total. The van der Waals surface area contributed by atoms with Crippen molar-refractivity contribution in [1.29, 1.82) is 0 Å². The van der Waals surface area contributed by atoms with Gasteiger partial charge in [-0.3, -0.25) is 0 Å². The SMILES string of the molecule is C=C1C=C2CCC3C(CCC4(C)C3CC[C@@H]4C(=C)C)C2(C)CC1. The minimum absolute atomic E-state index is 0.479. The Labute approximate surface area is 143 Å². The molecule has 4 aliphatic rings. The molecule has 0 heteroatoms. The number of fused-ring (bicyclic) bond motifs is 5. The standard InChI is InChI=1S/C23H34/c1-15(2)19-8-9-20-18-7-6-17-14-16(3)10-12-22(17,4)21(18)11-13-23(19,20)5/h14,18-21H,1,3,6-13H2,2,4-5H3/t18?,19-,20?,21?,22?,23?/m1/s1. The number of allylic oxidation sites excluding steroid dienone is 4. The van der Waals surface area contributed by atoms with Crippen LogP contribution in [0.25, 0.3) is 0 Å². The lowest BCUT2D eigenvalue weighted by atomic mass is 9.46. The quantitative estimate of drug-likeness (QED) is 0.473. The highest BCUT2D eigenvalue weighted by Crippen LogP contribution is 2.67. The van der Waals surface area contributed by atoms with Crippen LogP contribution in [0.1, 0.15) is 72.1 Å². The molecule has 126 valence electrons. The largest absolute Gasteiger partial charge is 0.0998 e. The summed E-state index contributed by atoms with van der Waals surface area (Å²) in [7, 11) is 0. The molecule has 6 atom stereocenters. The zero-order chi connectivity index (χ0) is 16.4. The first-order chi connectivity index (χ1) is 10.9. The lowest BCUT2D eigenvalue weighted by Gasteiger charge is -2.58. The first kappa shape index (κ1) is 15.7. The Kier molecular flexibility index (Phi) is 3.49. The third-order valence-electron chi connectivity index (χ3n) is 8.67. The highest BCUT2D eigenvalue weighted by atomic mass is 14.6. The molecule has 0 aliphatic heterocycles. The lowest BCUT2D eigenvalue weighted by Crippen LogP contribution is -2.50. The van der Waals surface area contributed by atoms with Crippen molar-refractivity contribution in [3.8, 4) is 0 Å². The summed E-state index contributed by atoms with van der Waals surface area (Å²) < 4.78 is 0. The summed E-state index contributed by atoms with van der Waals surface area (Å²) in [5.41, 5.74) is 5.59. The number of hydrogen-bond acceptors (Lipinski definition) is 0. The Morgan fingerprint density at radius 3 is 2.57 bits per heavy atom. The van der Waals surface area contributed by atoms with Gasteiger partial charge in [0.1, 0.15) is 0 Å². The second-order valence-corrected chi connectivity index (χ2v) is 9.68. The van der Waals surface area contributed by atoms with Gasteiger partial charge in [0.05, 0.1) is 0 Å². The van der Waals surface area contributed by atoms with Crippen molar-refractivity contribution in [2.24, 2.45) is 34.5 Å². The highest BCUT2D eigenvalue weighted by Gasteiger charge is 2.58. The Hall–Kier alpha value is -0.780. The molecule has 0 amide bonds. The zero-order valence-electron chi connectivity index (χ0n) is 15.5. The molecule has 3 fully saturated rings. The average Bonchev–Trinajstić information content (AvgIpc) is 2.85. The average molecular weight is 311 g/mol. The molecule has 4 rings (SSSR count). The molecule has 0 N–H and O–H groups in total. The van der Waals surface area contributed by atoms with Crippen LogP contribution < -0.4 is 0 Å². The van der Waals surface area contributed by atoms with Gasteiger partial charge in [-0.05, 0) is 92.8 Å². The number of hydrogen-bond donors (Lipinski definition) is 0. The third-order valence-corrected chi connectivity index (χ3v) is 8.67. The maximum absolute atomic E-state index is 4.35. The summed E-state index contributed by atoms with van der Waals surface area (Å²) in [5.74, 6) is 3.62. The van der Waals surface area contributed by atoms with Gasteiger partial charge in [-0.2, -0.15) is 0 Å². The van der Waals surface area contributed by atoms with Gasteiger partial charge in [0, 0.05) is 0 Å². The second kappa shape index (κ2) is 5.11. The normalized spacial score (nSPS) is 49.0. The van der Waals surface area contributed by atoms with E-state index in [2.05, 4.69) is 40.0 Å². The molecule has 5 unspecified atom stereocenters. The fraction of sp³-hybridized carbons (Fsp3) is 0.739. The zero-order valence-corrected chi connectivity index (χ0v) is 15.5. The fourth-order valence-electron chi connectivity index (χ4n) is 7.46. The van der Waals surface area contributed by atoms with Gasteiger partial charge in [0.25, 0.3) is 0 Å². The summed E-state index contributed by atoms with van der Waals surface area (Å²) in [5, 5.41) is 0. The molecule has 0 aromatic carbocycles. The predicted molar refractivity (Wildman–Crippen MR) is 99.1 cm³/mol. The van der Waals surface area contributed by atoms with Crippen molar-refractivity contribution < 1.29 is 0 Å². The number of rotatable bonds is 1.